The van der Waals surface area contributed by atoms with Gasteiger partial charge in [0.2, 0.25) is 10.0 Å². The van der Waals surface area contributed by atoms with E-state index in [1.807, 2.05) is 25.3 Å². The van der Waals surface area contributed by atoms with Crippen molar-refractivity contribution in [2.75, 3.05) is 45.1 Å². The Bertz CT molecular complexity index is 1070. The minimum atomic E-state index is -3.32. The molecule has 1 aromatic carbocycles. The van der Waals surface area contributed by atoms with E-state index >= 15 is 0 Å². The molecule has 176 valence electrons. The van der Waals surface area contributed by atoms with Crippen molar-refractivity contribution >= 4 is 21.8 Å². The summed E-state index contributed by atoms with van der Waals surface area (Å²) in [6.45, 7) is 2.63. The highest BCUT2D eigenvalue weighted by atomic mass is 32.2. The first kappa shape index (κ1) is 24.0. The number of nitrogens with zero attached hydrogens (tertiary/aromatic N) is 4. The minimum Gasteiger partial charge on any atom is -0.491 e. The number of aliphatic hydroxyl groups is 1. The summed E-state index contributed by atoms with van der Waals surface area (Å²) in [4.78, 5) is 14.1. The standard InChI is InChI=1S/C21H30N4O6S/c1-15-5-6-18-19(25(15)21(27)30-3)8-7-17(16-13-22-24(14-16)9-11-26)20(18)31-12-10-23(2)32(4,28)29/h7-8,13-15,26H,5-6,9-12H2,1-4H3/t15-/m0/s1. The number of hydrogen-bond donors (Lipinski definition) is 1. The first-order valence-corrected chi connectivity index (χ1v) is 12.2. The second-order valence-corrected chi connectivity index (χ2v) is 9.91. The summed E-state index contributed by atoms with van der Waals surface area (Å²) in [5, 5.41) is 13.5. The Kier molecular flexibility index (Phi) is 7.42. The monoisotopic (exact) mass is 466 g/mol. The van der Waals surface area contributed by atoms with Crippen LogP contribution in [0.15, 0.2) is 24.5 Å². The number of fused-ring (bicyclic) bond motifs is 1. The number of aromatic nitrogens is 2. The van der Waals surface area contributed by atoms with E-state index in [-0.39, 0.29) is 25.8 Å². The number of ether oxygens (including phenoxy) is 2. The number of hydrogen-bond acceptors (Lipinski definition) is 7. The lowest BCUT2D eigenvalue weighted by Gasteiger charge is -2.35. The highest BCUT2D eigenvalue weighted by Gasteiger charge is 2.32. The average Bonchev–Trinajstić information content (AvgIpc) is 3.21. The van der Waals surface area contributed by atoms with Gasteiger partial charge in [0.05, 0.1) is 38.4 Å². The number of likely N-dealkylation sites (N-methyl/N-ethyl adjacent to an activating group) is 1. The second-order valence-electron chi connectivity index (χ2n) is 7.82. The van der Waals surface area contributed by atoms with Gasteiger partial charge in [-0.1, -0.05) is 0 Å². The number of aliphatic hydroxyl groups excluding tert-OH is 1. The third kappa shape index (κ3) is 5.05. The number of amides is 1. The van der Waals surface area contributed by atoms with Gasteiger partial charge in [-0.15, -0.1) is 0 Å². The van der Waals surface area contributed by atoms with Crippen molar-refractivity contribution in [3.05, 3.63) is 30.1 Å². The molecule has 0 bridgehead atoms. The molecule has 0 radical (unpaired) electrons. The molecule has 32 heavy (non-hydrogen) atoms. The van der Waals surface area contributed by atoms with E-state index in [0.717, 1.165) is 29.4 Å². The van der Waals surface area contributed by atoms with E-state index < -0.39 is 16.1 Å². The van der Waals surface area contributed by atoms with Crippen LogP contribution in [-0.2, 0) is 27.7 Å². The van der Waals surface area contributed by atoms with Crippen LogP contribution in [0.2, 0.25) is 0 Å². The molecule has 1 amide bonds. The van der Waals surface area contributed by atoms with Gasteiger partial charge >= 0.3 is 6.09 Å². The van der Waals surface area contributed by atoms with Gasteiger partial charge in [0.1, 0.15) is 12.4 Å². The zero-order valence-electron chi connectivity index (χ0n) is 18.8. The molecule has 1 aromatic heterocycles. The summed E-state index contributed by atoms with van der Waals surface area (Å²) in [5.41, 5.74) is 3.17. The fourth-order valence-electron chi connectivity index (χ4n) is 3.74. The quantitative estimate of drug-likeness (QED) is 0.630. The Labute approximate surface area is 188 Å². The summed E-state index contributed by atoms with van der Waals surface area (Å²) < 4.78 is 37.5. The molecule has 0 spiro atoms. The third-order valence-corrected chi connectivity index (χ3v) is 6.93. The predicted molar refractivity (Wildman–Crippen MR) is 120 cm³/mol. The van der Waals surface area contributed by atoms with Crippen molar-refractivity contribution in [2.24, 2.45) is 0 Å². The van der Waals surface area contributed by atoms with Crippen LogP contribution in [-0.4, -0.2) is 79.9 Å². The number of methoxy groups -OCH3 is 1. The van der Waals surface area contributed by atoms with Gasteiger partial charge in [0.25, 0.3) is 0 Å². The molecule has 1 aliphatic heterocycles. The van der Waals surface area contributed by atoms with E-state index in [0.29, 0.717) is 24.4 Å². The maximum Gasteiger partial charge on any atom is 0.414 e. The van der Waals surface area contributed by atoms with E-state index in [1.54, 1.807) is 15.8 Å². The van der Waals surface area contributed by atoms with Gasteiger partial charge in [-0.3, -0.25) is 9.58 Å². The molecule has 1 atom stereocenters. The maximum atomic E-state index is 12.4. The average molecular weight is 467 g/mol. The lowest BCUT2D eigenvalue weighted by atomic mass is 9.92. The molecule has 1 aliphatic rings. The van der Waals surface area contributed by atoms with Crippen molar-refractivity contribution in [1.29, 1.82) is 0 Å². The molecular formula is C21H30N4O6S. The van der Waals surface area contributed by atoms with E-state index in [9.17, 15) is 18.3 Å². The van der Waals surface area contributed by atoms with E-state index in [1.165, 1.54) is 18.5 Å². The second kappa shape index (κ2) is 9.88. The minimum absolute atomic E-state index is 0.0293. The Morgan fingerprint density at radius 2 is 2.12 bits per heavy atom. The topological polar surface area (TPSA) is 114 Å². The molecule has 3 rings (SSSR count). The number of anilines is 1. The Balaban J connectivity index is 2.02. The van der Waals surface area contributed by atoms with Crippen LogP contribution < -0.4 is 9.64 Å². The lowest BCUT2D eigenvalue weighted by Crippen LogP contribution is -2.42. The van der Waals surface area contributed by atoms with Crippen LogP contribution in [0.5, 0.6) is 5.75 Å². The lowest BCUT2D eigenvalue weighted by molar-refractivity contribution is 0.175. The summed E-state index contributed by atoms with van der Waals surface area (Å²) in [6.07, 6.45) is 5.64. The predicted octanol–water partition coefficient (Wildman–Crippen LogP) is 1.72. The molecule has 0 unspecified atom stereocenters. The first-order chi connectivity index (χ1) is 15.2. The number of carbonyl (C=O) groups is 1. The highest BCUT2D eigenvalue weighted by molar-refractivity contribution is 7.88. The van der Waals surface area contributed by atoms with Gasteiger partial charge in [-0.25, -0.2) is 17.5 Å². The van der Waals surface area contributed by atoms with Crippen LogP contribution in [0.1, 0.15) is 18.9 Å². The molecular weight excluding hydrogens is 436 g/mol. The van der Waals surface area contributed by atoms with Crippen molar-refractivity contribution in [1.82, 2.24) is 14.1 Å². The summed E-state index contributed by atoms with van der Waals surface area (Å²) in [6, 6.07) is 3.70. The fraction of sp³-hybridized carbons (Fsp3) is 0.524. The summed E-state index contributed by atoms with van der Waals surface area (Å²) >= 11 is 0. The van der Waals surface area contributed by atoms with Crippen molar-refractivity contribution in [3.8, 4) is 16.9 Å². The molecule has 0 saturated carbocycles. The van der Waals surface area contributed by atoms with Crippen molar-refractivity contribution in [2.45, 2.75) is 32.4 Å². The van der Waals surface area contributed by atoms with Crippen LogP contribution in [0.4, 0.5) is 10.5 Å². The van der Waals surface area contributed by atoms with Crippen LogP contribution in [0.3, 0.4) is 0 Å². The van der Waals surface area contributed by atoms with Crippen LogP contribution in [0, 0.1) is 0 Å². The van der Waals surface area contributed by atoms with Crippen LogP contribution >= 0.6 is 0 Å². The van der Waals surface area contributed by atoms with Gasteiger partial charge in [-0.05, 0) is 31.9 Å². The zero-order chi connectivity index (χ0) is 23.5. The summed E-state index contributed by atoms with van der Waals surface area (Å²) in [7, 11) is -0.471. The van der Waals surface area contributed by atoms with Crippen LogP contribution in [0.25, 0.3) is 11.1 Å². The maximum absolute atomic E-state index is 12.4. The number of rotatable bonds is 8. The molecule has 10 nitrogen and oxygen atoms in total. The molecule has 0 aliphatic carbocycles. The number of sulfonamides is 1. The summed E-state index contributed by atoms with van der Waals surface area (Å²) in [5.74, 6) is 0.591. The van der Waals surface area contributed by atoms with Gasteiger partial charge in [0.15, 0.2) is 0 Å². The van der Waals surface area contributed by atoms with Crippen molar-refractivity contribution in [3.63, 3.8) is 0 Å². The number of carbonyl (C=O) groups excluding carboxylic acids is 1. The molecule has 2 aromatic rings. The van der Waals surface area contributed by atoms with Gasteiger partial charge < -0.3 is 14.6 Å². The third-order valence-electron chi connectivity index (χ3n) is 5.61. The van der Waals surface area contributed by atoms with E-state index in [2.05, 4.69) is 5.10 Å². The van der Waals surface area contributed by atoms with Gasteiger partial charge in [0, 0.05) is 42.5 Å². The molecule has 0 saturated heterocycles. The Hall–Kier alpha value is -2.63. The van der Waals surface area contributed by atoms with E-state index in [4.69, 9.17) is 9.47 Å². The largest absolute Gasteiger partial charge is 0.491 e. The highest BCUT2D eigenvalue weighted by Crippen LogP contribution is 2.43. The van der Waals surface area contributed by atoms with Crippen molar-refractivity contribution < 1.29 is 27.8 Å². The van der Waals surface area contributed by atoms with Gasteiger partial charge in [-0.2, -0.15) is 5.10 Å². The normalized spacial score (nSPS) is 16.2. The molecule has 0 fully saturated rings. The zero-order valence-corrected chi connectivity index (χ0v) is 19.6. The number of benzene rings is 1. The first-order valence-electron chi connectivity index (χ1n) is 10.4. The molecule has 1 N–H and O–H groups in total. The fourth-order valence-corrected chi connectivity index (χ4v) is 4.15. The molecule has 11 heteroatoms. The smallest absolute Gasteiger partial charge is 0.414 e. The Morgan fingerprint density at radius 1 is 1.38 bits per heavy atom. The molecule has 2 heterocycles. The SMILES string of the molecule is COC(=O)N1c2ccc(-c3cnn(CCO)c3)c(OCCN(C)S(C)(=O)=O)c2CC[C@@H]1C. The Morgan fingerprint density at radius 3 is 2.78 bits per heavy atom.